The first-order valence-corrected chi connectivity index (χ1v) is 7.50. The Morgan fingerprint density at radius 3 is 2.61 bits per heavy atom. The number of nitrogens with one attached hydrogen (secondary N) is 1. The van der Waals surface area contributed by atoms with Gasteiger partial charge in [-0.3, -0.25) is 19.7 Å². The van der Waals surface area contributed by atoms with E-state index in [1.54, 1.807) is 6.92 Å². The number of imide groups is 1. The molecule has 0 aromatic heterocycles. The van der Waals surface area contributed by atoms with Gasteiger partial charge in [0.15, 0.2) is 0 Å². The van der Waals surface area contributed by atoms with Crippen LogP contribution in [0.5, 0.6) is 5.75 Å². The van der Waals surface area contributed by atoms with Gasteiger partial charge >= 0.3 is 0 Å². The normalized spacial score (nSPS) is 17.0. The van der Waals surface area contributed by atoms with Gasteiger partial charge in [0.05, 0.1) is 13.0 Å². The molecule has 1 N–H and O–H groups in total. The standard InChI is InChI=1S/C16H20N2O5/c1-2-18(13-10-14(19)17-16(13)21)15(20)11-22-8-9-23-12-6-4-3-5-7-12/h3-7,13H,2,8-11H2,1H3,(H,17,19,21). The Labute approximate surface area is 134 Å². The molecule has 1 atom stereocenters. The minimum Gasteiger partial charge on any atom is -0.491 e. The van der Waals surface area contributed by atoms with Crippen molar-refractivity contribution in [3.8, 4) is 5.75 Å². The van der Waals surface area contributed by atoms with Gasteiger partial charge in [0.2, 0.25) is 17.7 Å². The Morgan fingerprint density at radius 1 is 1.26 bits per heavy atom. The third kappa shape index (κ3) is 4.79. The van der Waals surface area contributed by atoms with E-state index >= 15 is 0 Å². The van der Waals surface area contributed by atoms with E-state index in [9.17, 15) is 14.4 Å². The summed E-state index contributed by atoms with van der Waals surface area (Å²) in [6.45, 7) is 2.53. The lowest BCUT2D eigenvalue weighted by Crippen LogP contribution is -2.46. The summed E-state index contributed by atoms with van der Waals surface area (Å²) in [7, 11) is 0. The molecule has 124 valence electrons. The minimum atomic E-state index is -0.732. The summed E-state index contributed by atoms with van der Waals surface area (Å²) in [4.78, 5) is 36.3. The van der Waals surface area contributed by atoms with Crippen molar-refractivity contribution < 1.29 is 23.9 Å². The van der Waals surface area contributed by atoms with Crippen LogP contribution in [0, 0.1) is 0 Å². The van der Waals surface area contributed by atoms with Crippen molar-refractivity contribution in [2.45, 2.75) is 19.4 Å². The molecule has 1 saturated heterocycles. The lowest BCUT2D eigenvalue weighted by Gasteiger charge is -2.25. The molecule has 1 aromatic rings. The predicted octanol–water partition coefficient (Wildman–Crippen LogP) is 0.346. The van der Waals surface area contributed by atoms with E-state index in [2.05, 4.69) is 5.32 Å². The number of hydrogen-bond donors (Lipinski definition) is 1. The zero-order valence-corrected chi connectivity index (χ0v) is 13.0. The lowest BCUT2D eigenvalue weighted by molar-refractivity contribution is -0.142. The molecule has 3 amide bonds. The number of rotatable bonds is 8. The van der Waals surface area contributed by atoms with Gasteiger partial charge in [-0.05, 0) is 19.1 Å². The fourth-order valence-electron chi connectivity index (χ4n) is 2.34. The summed E-state index contributed by atoms with van der Waals surface area (Å²) >= 11 is 0. The summed E-state index contributed by atoms with van der Waals surface area (Å²) in [6.07, 6.45) is 0.00946. The molecular weight excluding hydrogens is 300 g/mol. The summed E-state index contributed by atoms with van der Waals surface area (Å²) < 4.78 is 10.7. The molecule has 7 heteroatoms. The maximum Gasteiger partial charge on any atom is 0.249 e. The zero-order chi connectivity index (χ0) is 16.7. The number of nitrogens with zero attached hydrogens (tertiary/aromatic N) is 1. The van der Waals surface area contributed by atoms with E-state index in [4.69, 9.17) is 9.47 Å². The lowest BCUT2D eigenvalue weighted by atomic mass is 10.2. The summed E-state index contributed by atoms with van der Waals surface area (Å²) in [5.41, 5.74) is 0. The van der Waals surface area contributed by atoms with E-state index < -0.39 is 11.9 Å². The number of carbonyl (C=O) groups is 3. The number of carbonyl (C=O) groups excluding carboxylic acids is 3. The Kier molecular flexibility index (Phi) is 6.10. The van der Waals surface area contributed by atoms with Crippen molar-refractivity contribution >= 4 is 17.7 Å². The number of likely N-dealkylation sites (N-methyl/N-ethyl adjacent to an activating group) is 1. The maximum atomic E-state index is 12.1. The fraction of sp³-hybridized carbons (Fsp3) is 0.438. The molecule has 0 radical (unpaired) electrons. The van der Waals surface area contributed by atoms with Crippen LogP contribution < -0.4 is 10.1 Å². The second-order valence-corrected chi connectivity index (χ2v) is 5.03. The van der Waals surface area contributed by atoms with Crippen molar-refractivity contribution in [2.24, 2.45) is 0 Å². The van der Waals surface area contributed by atoms with Gasteiger partial charge in [-0.1, -0.05) is 18.2 Å². The molecule has 0 bridgehead atoms. The Bertz CT molecular complexity index is 561. The first kappa shape index (κ1) is 17.0. The van der Waals surface area contributed by atoms with Crippen molar-refractivity contribution in [1.29, 1.82) is 0 Å². The molecule has 1 aliphatic heterocycles. The van der Waals surface area contributed by atoms with Crippen molar-refractivity contribution in [2.75, 3.05) is 26.4 Å². The molecule has 7 nitrogen and oxygen atoms in total. The van der Waals surface area contributed by atoms with Crippen LogP contribution in [-0.2, 0) is 19.1 Å². The minimum absolute atomic E-state index is 0.00946. The van der Waals surface area contributed by atoms with Crippen LogP contribution in [0.1, 0.15) is 13.3 Å². The van der Waals surface area contributed by atoms with E-state index in [1.807, 2.05) is 30.3 Å². The zero-order valence-electron chi connectivity index (χ0n) is 13.0. The average Bonchev–Trinajstić information content (AvgIpc) is 2.87. The SMILES string of the molecule is CCN(C(=O)COCCOc1ccccc1)C1CC(=O)NC1=O. The van der Waals surface area contributed by atoms with Gasteiger partial charge in [-0.15, -0.1) is 0 Å². The predicted molar refractivity (Wildman–Crippen MR) is 81.7 cm³/mol. The summed E-state index contributed by atoms with van der Waals surface area (Å²) in [5.74, 6) is -0.373. The van der Waals surface area contributed by atoms with Gasteiger partial charge in [0.25, 0.3) is 0 Å². The van der Waals surface area contributed by atoms with Gasteiger partial charge in [-0.25, -0.2) is 0 Å². The van der Waals surface area contributed by atoms with Crippen LogP contribution in [0.4, 0.5) is 0 Å². The van der Waals surface area contributed by atoms with Gasteiger partial charge in [0.1, 0.15) is 25.0 Å². The molecule has 1 unspecified atom stereocenters. The van der Waals surface area contributed by atoms with Crippen LogP contribution in [0.3, 0.4) is 0 Å². The second kappa shape index (κ2) is 8.28. The van der Waals surface area contributed by atoms with Gasteiger partial charge in [-0.2, -0.15) is 0 Å². The highest BCUT2D eigenvalue weighted by Gasteiger charge is 2.36. The Hall–Kier alpha value is -2.41. The topological polar surface area (TPSA) is 84.9 Å². The number of ether oxygens (including phenoxy) is 2. The Balaban J connectivity index is 1.71. The molecule has 0 spiro atoms. The van der Waals surface area contributed by atoms with Gasteiger partial charge < -0.3 is 14.4 Å². The third-order valence-corrected chi connectivity index (χ3v) is 3.45. The van der Waals surface area contributed by atoms with Crippen molar-refractivity contribution in [3.05, 3.63) is 30.3 Å². The molecule has 1 aromatic carbocycles. The van der Waals surface area contributed by atoms with Crippen LogP contribution in [0.2, 0.25) is 0 Å². The molecule has 0 aliphatic carbocycles. The van der Waals surface area contributed by atoms with Crippen LogP contribution in [0.15, 0.2) is 30.3 Å². The van der Waals surface area contributed by atoms with Crippen LogP contribution in [-0.4, -0.2) is 55.0 Å². The smallest absolute Gasteiger partial charge is 0.249 e. The molecule has 0 saturated carbocycles. The fourth-order valence-corrected chi connectivity index (χ4v) is 2.34. The Morgan fingerprint density at radius 2 is 2.00 bits per heavy atom. The highest BCUT2D eigenvalue weighted by Crippen LogP contribution is 2.11. The quantitative estimate of drug-likeness (QED) is 0.552. The van der Waals surface area contributed by atoms with Crippen LogP contribution in [0.25, 0.3) is 0 Å². The van der Waals surface area contributed by atoms with E-state index in [0.717, 1.165) is 5.75 Å². The number of para-hydroxylation sites is 1. The van der Waals surface area contributed by atoms with Crippen LogP contribution >= 0.6 is 0 Å². The van der Waals surface area contributed by atoms with Crippen molar-refractivity contribution in [3.63, 3.8) is 0 Å². The first-order valence-electron chi connectivity index (χ1n) is 7.50. The second-order valence-electron chi connectivity index (χ2n) is 5.03. The van der Waals surface area contributed by atoms with Crippen molar-refractivity contribution in [1.82, 2.24) is 10.2 Å². The third-order valence-electron chi connectivity index (χ3n) is 3.45. The van der Waals surface area contributed by atoms with E-state index in [0.29, 0.717) is 13.2 Å². The number of hydrogen-bond acceptors (Lipinski definition) is 5. The molecule has 1 heterocycles. The number of amides is 3. The summed E-state index contributed by atoms with van der Waals surface area (Å²) in [5, 5.41) is 2.20. The average molecular weight is 320 g/mol. The highest BCUT2D eigenvalue weighted by molar-refractivity contribution is 6.06. The molecular formula is C16H20N2O5. The van der Waals surface area contributed by atoms with E-state index in [1.165, 1.54) is 4.90 Å². The maximum absolute atomic E-state index is 12.1. The molecule has 2 rings (SSSR count). The molecule has 23 heavy (non-hydrogen) atoms. The monoisotopic (exact) mass is 320 g/mol. The highest BCUT2D eigenvalue weighted by atomic mass is 16.5. The molecule has 1 fully saturated rings. The van der Waals surface area contributed by atoms with Gasteiger partial charge in [0, 0.05) is 6.54 Å². The summed E-state index contributed by atoms with van der Waals surface area (Å²) in [6, 6.07) is 8.56. The van der Waals surface area contributed by atoms with E-state index in [-0.39, 0.29) is 31.4 Å². The largest absolute Gasteiger partial charge is 0.491 e. The first-order chi connectivity index (χ1) is 11.1. The number of benzene rings is 1. The molecule has 1 aliphatic rings.